The van der Waals surface area contributed by atoms with E-state index in [1.54, 1.807) is 0 Å². The number of carbonyl (C=O) groups is 1. The molecule has 1 amide bonds. The van der Waals surface area contributed by atoms with Crippen LogP contribution in [0.25, 0.3) is 0 Å². The highest BCUT2D eigenvalue weighted by molar-refractivity contribution is 5.76. The Kier molecular flexibility index (Phi) is 5.22. The van der Waals surface area contributed by atoms with Crippen LogP contribution in [0.3, 0.4) is 0 Å². The molecular weight excluding hydrogens is 220 g/mol. The molecule has 0 spiro atoms. The molecule has 0 aromatic carbocycles. The summed E-state index contributed by atoms with van der Waals surface area (Å²) >= 11 is 0. The van der Waals surface area contributed by atoms with Crippen molar-refractivity contribution in [2.75, 3.05) is 32.9 Å². The average Bonchev–Trinajstić information content (AvgIpc) is 2.83. The Morgan fingerprint density at radius 1 is 1.41 bits per heavy atom. The van der Waals surface area contributed by atoms with Gasteiger partial charge in [-0.25, -0.2) is 0 Å². The first-order valence-corrected chi connectivity index (χ1v) is 6.54. The third kappa shape index (κ3) is 4.61. The monoisotopic (exact) mass is 242 g/mol. The van der Waals surface area contributed by atoms with Crippen molar-refractivity contribution in [3.05, 3.63) is 0 Å². The number of ether oxygens (including phenoxy) is 2. The Hall–Kier alpha value is -0.650. The predicted octanol–water partition coefficient (Wildman–Crippen LogP) is 0.0502. The fourth-order valence-corrected chi connectivity index (χ4v) is 2.29. The van der Waals surface area contributed by atoms with Gasteiger partial charge < -0.3 is 20.1 Å². The molecule has 2 heterocycles. The van der Waals surface area contributed by atoms with Crippen molar-refractivity contribution in [3.63, 3.8) is 0 Å². The highest BCUT2D eigenvalue weighted by Gasteiger charge is 2.18. The molecule has 0 radical (unpaired) electrons. The van der Waals surface area contributed by atoms with E-state index < -0.39 is 0 Å². The molecule has 0 saturated carbocycles. The van der Waals surface area contributed by atoms with E-state index in [1.807, 2.05) is 0 Å². The smallest absolute Gasteiger partial charge is 0.221 e. The minimum absolute atomic E-state index is 0.103. The van der Waals surface area contributed by atoms with E-state index in [9.17, 15) is 4.79 Å². The van der Waals surface area contributed by atoms with Gasteiger partial charge in [-0.05, 0) is 19.3 Å². The maximum Gasteiger partial charge on any atom is 0.221 e. The van der Waals surface area contributed by atoms with Crippen molar-refractivity contribution in [1.29, 1.82) is 0 Å². The van der Waals surface area contributed by atoms with Gasteiger partial charge >= 0.3 is 0 Å². The standard InChI is InChI=1S/C12H22N2O3/c15-12(8-10-9-16-7-5-13-10)14-4-3-11-2-1-6-17-11/h10-11,13H,1-9H2,(H,14,15). The van der Waals surface area contributed by atoms with Crippen LogP contribution in [0, 0.1) is 0 Å². The largest absolute Gasteiger partial charge is 0.378 e. The van der Waals surface area contributed by atoms with E-state index in [4.69, 9.17) is 9.47 Å². The first-order chi connectivity index (χ1) is 8.34. The zero-order valence-corrected chi connectivity index (χ0v) is 10.2. The second-order valence-corrected chi connectivity index (χ2v) is 4.70. The van der Waals surface area contributed by atoms with Gasteiger partial charge in [0.15, 0.2) is 0 Å². The summed E-state index contributed by atoms with van der Waals surface area (Å²) in [6.45, 7) is 3.82. The SMILES string of the molecule is O=C(CC1COCCN1)NCCC1CCCO1. The summed E-state index contributed by atoms with van der Waals surface area (Å²) in [5, 5.41) is 6.21. The molecule has 0 aliphatic carbocycles. The fourth-order valence-electron chi connectivity index (χ4n) is 2.29. The predicted molar refractivity (Wildman–Crippen MR) is 63.8 cm³/mol. The molecule has 2 aliphatic heterocycles. The lowest BCUT2D eigenvalue weighted by Crippen LogP contribution is -2.44. The molecule has 2 rings (SSSR count). The number of carbonyl (C=O) groups excluding carboxylic acids is 1. The molecule has 0 aromatic heterocycles. The molecule has 5 heteroatoms. The minimum Gasteiger partial charge on any atom is -0.378 e. The topological polar surface area (TPSA) is 59.6 Å². The number of rotatable bonds is 5. The van der Waals surface area contributed by atoms with E-state index in [1.165, 1.54) is 0 Å². The molecule has 2 aliphatic rings. The summed E-state index contributed by atoms with van der Waals surface area (Å²) in [7, 11) is 0. The van der Waals surface area contributed by atoms with Gasteiger partial charge in [0.2, 0.25) is 5.91 Å². The molecule has 5 nitrogen and oxygen atoms in total. The molecule has 2 fully saturated rings. The first kappa shape index (κ1) is 12.8. The number of hydrogen-bond acceptors (Lipinski definition) is 4. The summed E-state index contributed by atoms with van der Waals surface area (Å²) in [5.74, 6) is 0.103. The van der Waals surface area contributed by atoms with Crippen LogP contribution in [0.5, 0.6) is 0 Å². The number of nitrogens with one attached hydrogen (secondary N) is 2. The normalized spacial score (nSPS) is 29.2. The zero-order valence-electron chi connectivity index (χ0n) is 10.2. The van der Waals surface area contributed by atoms with Crippen molar-refractivity contribution in [2.45, 2.75) is 37.8 Å². The summed E-state index contributed by atoms with van der Waals surface area (Å²) in [4.78, 5) is 11.6. The lowest BCUT2D eigenvalue weighted by molar-refractivity contribution is -0.122. The summed E-state index contributed by atoms with van der Waals surface area (Å²) < 4.78 is 10.8. The molecule has 2 saturated heterocycles. The lowest BCUT2D eigenvalue weighted by atomic mass is 10.1. The highest BCUT2D eigenvalue weighted by atomic mass is 16.5. The van der Waals surface area contributed by atoms with E-state index in [0.717, 1.165) is 45.6 Å². The Balaban J connectivity index is 1.53. The second kappa shape index (κ2) is 6.93. The van der Waals surface area contributed by atoms with Gasteiger partial charge in [0.25, 0.3) is 0 Å². The van der Waals surface area contributed by atoms with Gasteiger partial charge in [-0.15, -0.1) is 0 Å². The Morgan fingerprint density at radius 2 is 2.35 bits per heavy atom. The Bertz CT molecular complexity index is 236. The van der Waals surface area contributed by atoms with Crippen LogP contribution in [0.2, 0.25) is 0 Å². The molecule has 0 bridgehead atoms. The van der Waals surface area contributed by atoms with Gasteiger partial charge in [0, 0.05) is 32.2 Å². The van der Waals surface area contributed by atoms with Crippen LogP contribution in [0.4, 0.5) is 0 Å². The molecule has 2 N–H and O–H groups in total. The Morgan fingerprint density at radius 3 is 3.06 bits per heavy atom. The quantitative estimate of drug-likeness (QED) is 0.715. The van der Waals surface area contributed by atoms with Crippen molar-refractivity contribution >= 4 is 5.91 Å². The van der Waals surface area contributed by atoms with Crippen LogP contribution >= 0.6 is 0 Å². The van der Waals surface area contributed by atoms with Crippen LogP contribution in [-0.2, 0) is 14.3 Å². The van der Waals surface area contributed by atoms with Crippen LogP contribution < -0.4 is 10.6 Å². The van der Waals surface area contributed by atoms with Gasteiger partial charge in [0.05, 0.1) is 19.3 Å². The molecule has 0 aromatic rings. The zero-order chi connectivity index (χ0) is 11.9. The van der Waals surface area contributed by atoms with Crippen LogP contribution in [0.15, 0.2) is 0 Å². The van der Waals surface area contributed by atoms with Crippen molar-refractivity contribution < 1.29 is 14.3 Å². The van der Waals surface area contributed by atoms with E-state index in [0.29, 0.717) is 19.1 Å². The molecule has 17 heavy (non-hydrogen) atoms. The average molecular weight is 242 g/mol. The minimum atomic E-state index is 0.103. The molecule has 2 unspecified atom stereocenters. The number of hydrogen-bond donors (Lipinski definition) is 2. The molecule has 2 atom stereocenters. The van der Waals surface area contributed by atoms with E-state index in [-0.39, 0.29) is 11.9 Å². The summed E-state index contributed by atoms with van der Waals surface area (Å²) in [6, 6.07) is 0.173. The second-order valence-electron chi connectivity index (χ2n) is 4.70. The van der Waals surface area contributed by atoms with E-state index >= 15 is 0 Å². The van der Waals surface area contributed by atoms with E-state index in [2.05, 4.69) is 10.6 Å². The van der Waals surface area contributed by atoms with Crippen molar-refractivity contribution in [2.24, 2.45) is 0 Å². The lowest BCUT2D eigenvalue weighted by Gasteiger charge is -2.23. The third-order valence-electron chi connectivity index (χ3n) is 3.24. The summed E-state index contributed by atoms with van der Waals surface area (Å²) in [5.41, 5.74) is 0. The first-order valence-electron chi connectivity index (χ1n) is 6.54. The molecular formula is C12H22N2O3. The van der Waals surface area contributed by atoms with Crippen LogP contribution in [-0.4, -0.2) is 51.0 Å². The van der Waals surface area contributed by atoms with Crippen LogP contribution in [0.1, 0.15) is 25.7 Å². The third-order valence-corrected chi connectivity index (χ3v) is 3.24. The maximum absolute atomic E-state index is 11.6. The Labute approximate surface area is 102 Å². The maximum atomic E-state index is 11.6. The van der Waals surface area contributed by atoms with Gasteiger partial charge in [-0.2, -0.15) is 0 Å². The highest BCUT2D eigenvalue weighted by Crippen LogP contribution is 2.14. The summed E-state index contributed by atoms with van der Waals surface area (Å²) in [6.07, 6.45) is 4.08. The van der Waals surface area contributed by atoms with Gasteiger partial charge in [-0.3, -0.25) is 4.79 Å². The molecule has 98 valence electrons. The van der Waals surface area contributed by atoms with Gasteiger partial charge in [0.1, 0.15) is 0 Å². The van der Waals surface area contributed by atoms with Crippen molar-refractivity contribution in [1.82, 2.24) is 10.6 Å². The van der Waals surface area contributed by atoms with Gasteiger partial charge in [-0.1, -0.05) is 0 Å². The fraction of sp³-hybridized carbons (Fsp3) is 0.917. The van der Waals surface area contributed by atoms with Crippen molar-refractivity contribution in [3.8, 4) is 0 Å². The number of amides is 1. The number of morpholine rings is 1.